The summed E-state index contributed by atoms with van der Waals surface area (Å²) in [7, 11) is 0. The van der Waals surface area contributed by atoms with E-state index in [0.717, 1.165) is 44.9 Å². The monoisotopic (exact) mass is 307 g/mol. The predicted octanol–water partition coefficient (Wildman–Crippen LogP) is 2.56. The molecule has 1 aromatic carbocycles. The van der Waals surface area contributed by atoms with Crippen LogP contribution in [0.3, 0.4) is 0 Å². The van der Waals surface area contributed by atoms with Gasteiger partial charge in [-0.25, -0.2) is 0 Å². The average Bonchev–Trinajstić information content (AvgIpc) is 2.55. The van der Waals surface area contributed by atoms with Crippen LogP contribution in [0.2, 0.25) is 0 Å². The fourth-order valence-electron chi connectivity index (χ4n) is 2.83. The van der Waals surface area contributed by atoms with E-state index in [2.05, 4.69) is 11.8 Å². The van der Waals surface area contributed by atoms with E-state index in [9.17, 15) is 5.11 Å². The van der Waals surface area contributed by atoms with Crippen LogP contribution in [0.25, 0.3) is 0 Å². The molecule has 4 nitrogen and oxygen atoms in total. The van der Waals surface area contributed by atoms with E-state index in [4.69, 9.17) is 9.47 Å². The van der Waals surface area contributed by atoms with Crippen LogP contribution in [0.1, 0.15) is 26.7 Å². The molecule has 0 amide bonds. The number of piperidine rings is 1. The van der Waals surface area contributed by atoms with Gasteiger partial charge in [-0.2, -0.15) is 0 Å². The van der Waals surface area contributed by atoms with Crippen molar-refractivity contribution in [2.75, 3.05) is 39.5 Å². The largest absolute Gasteiger partial charge is 0.491 e. The van der Waals surface area contributed by atoms with Gasteiger partial charge in [0.25, 0.3) is 0 Å². The zero-order valence-corrected chi connectivity index (χ0v) is 13.8. The van der Waals surface area contributed by atoms with Gasteiger partial charge in [-0.05, 0) is 50.4 Å². The second kappa shape index (κ2) is 8.51. The minimum Gasteiger partial charge on any atom is -0.491 e. The number of hydrogen-bond donors (Lipinski definition) is 1. The third-order valence-corrected chi connectivity index (χ3v) is 4.37. The Kier molecular flexibility index (Phi) is 6.68. The van der Waals surface area contributed by atoms with E-state index >= 15 is 0 Å². The Bertz CT molecular complexity index is 416. The summed E-state index contributed by atoms with van der Waals surface area (Å²) in [6.45, 7) is 9.04. The summed E-state index contributed by atoms with van der Waals surface area (Å²) in [5, 5.41) is 10.1. The summed E-state index contributed by atoms with van der Waals surface area (Å²) in [4.78, 5) is 2.33. The highest BCUT2D eigenvalue weighted by Crippen LogP contribution is 2.31. The number of ether oxygens (including phenoxy) is 2. The zero-order chi connectivity index (χ0) is 15.8. The van der Waals surface area contributed by atoms with Crippen molar-refractivity contribution in [3.63, 3.8) is 0 Å². The quantitative estimate of drug-likeness (QED) is 0.801. The molecule has 1 fully saturated rings. The summed E-state index contributed by atoms with van der Waals surface area (Å²) in [5.74, 6) is 0.810. The van der Waals surface area contributed by atoms with Gasteiger partial charge in [0.05, 0.1) is 6.61 Å². The van der Waals surface area contributed by atoms with Crippen molar-refractivity contribution in [2.45, 2.75) is 32.8 Å². The number of rotatable bonds is 8. The number of β-amino-alcohol motifs (C(OH)–C–C–N with tert-alkyl or cyclic N) is 1. The summed E-state index contributed by atoms with van der Waals surface area (Å²) < 4.78 is 11.2. The smallest absolute Gasteiger partial charge is 0.119 e. The van der Waals surface area contributed by atoms with Gasteiger partial charge in [0.2, 0.25) is 0 Å². The van der Waals surface area contributed by atoms with Crippen LogP contribution in [0, 0.1) is 5.41 Å². The lowest BCUT2D eigenvalue weighted by Gasteiger charge is -2.39. The highest BCUT2D eigenvalue weighted by atomic mass is 16.5. The van der Waals surface area contributed by atoms with E-state index in [0.29, 0.717) is 13.2 Å². The minimum atomic E-state index is -0.448. The molecule has 2 rings (SSSR count). The third kappa shape index (κ3) is 5.59. The number of benzene rings is 1. The van der Waals surface area contributed by atoms with Gasteiger partial charge in [-0.3, -0.25) is 0 Å². The van der Waals surface area contributed by atoms with Crippen molar-refractivity contribution >= 4 is 0 Å². The van der Waals surface area contributed by atoms with Crippen molar-refractivity contribution in [3.8, 4) is 5.75 Å². The van der Waals surface area contributed by atoms with Crippen LogP contribution in [-0.4, -0.2) is 55.6 Å². The molecule has 1 aromatic rings. The van der Waals surface area contributed by atoms with Crippen LogP contribution in [0.15, 0.2) is 30.3 Å². The Balaban J connectivity index is 1.67. The first-order valence-electron chi connectivity index (χ1n) is 8.27. The molecule has 1 aliphatic heterocycles. The van der Waals surface area contributed by atoms with Crippen molar-refractivity contribution in [3.05, 3.63) is 30.3 Å². The molecular weight excluding hydrogens is 278 g/mol. The number of aliphatic hydroxyl groups excluding tert-OH is 1. The summed E-state index contributed by atoms with van der Waals surface area (Å²) >= 11 is 0. The fraction of sp³-hybridized carbons (Fsp3) is 0.667. The molecule has 0 saturated carbocycles. The number of para-hydroxylation sites is 1. The lowest BCUT2D eigenvalue weighted by atomic mass is 9.81. The first kappa shape index (κ1) is 17.3. The predicted molar refractivity (Wildman–Crippen MR) is 88.2 cm³/mol. The molecule has 124 valence electrons. The molecule has 4 heteroatoms. The summed E-state index contributed by atoms with van der Waals surface area (Å²) in [6, 6.07) is 9.65. The van der Waals surface area contributed by atoms with Crippen molar-refractivity contribution in [1.29, 1.82) is 0 Å². The number of hydrogen-bond acceptors (Lipinski definition) is 4. The molecule has 1 saturated heterocycles. The van der Waals surface area contributed by atoms with Gasteiger partial charge in [0, 0.05) is 13.2 Å². The van der Waals surface area contributed by atoms with E-state index in [-0.39, 0.29) is 5.41 Å². The molecule has 0 spiro atoms. The Morgan fingerprint density at radius 2 is 1.91 bits per heavy atom. The molecule has 1 heterocycles. The third-order valence-electron chi connectivity index (χ3n) is 4.37. The van der Waals surface area contributed by atoms with Gasteiger partial charge >= 0.3 is 0 Å². The Labute approximate surface area is 134 Å². The molecular formula is C18H29NO3. The lowest BCUT2D eigenvalue weighted by Crippen LogP contribution is -2.44. The highest BCUT2D eigenvalue weighted by molar-refractivity contribution is 5.20. The van der Waals surface area contributed by atoms with E-state index in [1.54, 1.807) is 0 Å². The topological polar surface area (TPSA) is 41.9 Å². The molecule has 1 unspecified atom stereocenters. The average molecular weight is 307 g/mol. The van der Waals surface area contributed by atoms with Gasteiger partial charge in [0.15, 0.2) is 0 Å². The lowest BCUT2D eigenvalue weighted by molar-refractivity contribution is -0.000432. The summed E-state index contributed by atoms with van der Waals surface area (Å²) in [6.07, 6.45) is 1.80. The molecule has 22 heavy (non-hydrogen) atoms. The molecule has 1 aliphatic rings. The zero-order valence-electron chi connectivity index (χ0n) is 13.8. The van der Waals surface area contributed by atoms with Gasteiger partial charge in [0.1, 0.15) is 18.5 Å². The van der Waals surface area contributed by atoms with E-state index in [1.165, 1.54) is 0 Å². The number of nitrogens with zero attached hydrogens (tertiary/aromatic N) is 1. The fourth-order valence-corrected chi connectivity index (χ4v) is 2.83. The maximum atomic E-state index is 10.1. The minimum absolute atomic E-state index is 0.290. The van der Waals surface area contributed by atoms with Gasteiger partial charge in [-0.15, -0.1) is 0 Å². The highest BCUT2D eigenvalue weighted by Gasteiger charge is 2.30. The van der Waals surface area contributed by atoms with Crippen LogP contribution < -0.4 is 4.74 Å². The normalized spacial score (nSPS) is 19.8. The van der Waals surface area contributed by atoms with Crippen molar-refractivity contribution in [2.24, 2.45) is 5.41 Å². The van der Waals surface area contributed by atoms with E-state index in [1.807, 2.05) is 37.3 Å². The van der Waals surface area contributed by atoms with Crippen LogP contribution in [0.5, 0.6) is 5.75 Å². The summed E-state index contributed by atoms with van der Waals surface area (Å²) in [5.41, 5.74) is 0.290. The van der Waals surface area contributed by atoms with Crippen molar-refractivity contribution in [1.82, 2.24) is 4.90 Å². The number of likely N-dealkylation sites (tertiary alicyclic amines) is 1. The molecule has 0 aliphatic carbocycles. The Morgan fingerprint density at radius 3 is 2.55 bits per heavy atom. The number of aliphatic hydroxyl groups is 1. The first-order chi connectivity index (χ1) is 10.6. The molecule has 0 aromatic heterocycles. The maximum Gasteiger partial charge on any atom is 0.119 e. The second-order valence-corrected chi connectivity index (χ2v) is 6.53. The van der Waals surface area contributed by atoms with Gasteiger partial charge < -0.3 is 19.5 Å². The standard InChI is InChI=1S/C18H29NO3/c1-3-21-15-18(2)9-11-19(12-10-18)13-16(20)14-22-17-7-5-4-6-8-17/h4-8,16,20H,3,9-15H2,1-2H3. The molecule has 1 N–H and O–H groups in total. The van der Waals surface area contributed by atoms with Crippen LogP contribution >= 0.6 is 0 Å². The molecule has 0 radical (unpaired) electrons. The first-order valence-corrected chi connectivity index (χ1v) is 8.27. The van der Waals surface area contributed by atoms with Crippen LogP contribution in [0.4, 0.5) is 0 Å². The second-order valence-electron chi connectivity index (χ2n) is 6.53. The van der Waals surface area contributed by atoms with Crippen molar-refractivity contribution < 1.29 is 14.6 Å². The SMILES string of the molecule is CCOCC1(C)CCN(CC(O)COc2ccccc2)CC1. The van der Waals surface area contributed by atoms with Gasteiger partial charge in [-0.1, -0.05) is 25.1 Å². The maximum absolute atomic E-state index is 10.1. The molecule has 0 bridgehead atoms. The van der Waals surface area contributed by atoms with E-state index < -0.39 is 6.10 Å². The van der Waals surface area contributed by atoms with Crippen LogP contribution in [-0.2, 0) is 4.74 Å². The Morgan fingerprint density at radius 1 is 1.23 bits per heavy atom. The Hall–Kier alpha value is -1.10. The molecule has 1 atom stereocenters.